The van der Waals surface area contributed by atoms with Gasteiger partial charge in [-0.15, -0.1) is 0 Å². The number of sulfone groups is 1. The third kappa shape index (κ3) is 3.65. The quantitative estimate of drug-likeness (QED) is 0.931. The van der Waals surface area contributed by atoms with Crippen LogP contribution in [0.4, 0.5) is 5.69 Å². The van der Waals surface area contributed by atoms with Gasteiger partial charge in [0.1, 0.15) is 15.9 Å². The minimum atomic E-state index is -3.01. The molecule has 4 nitrogen and oxygen atoms in total. The predicted octanol–water partition coefficient (Wildman–Crippen LogP) is 2.98. The lowest BCUT2D eigenvalue weighted by molar-refractivity contribution is 0.453. The van der Waals surface area contributed by atoms with E-state index in [1.165, 1.54) is 6.26 Å². The van der Waals surface area contributed by atoms with Crippen molar-refractivity contribution >= 4 is 27.1 Å². The van der Waals surface area contributed by atoms with Gasteiger partial charge < -0.3 is 5.32 Å². The fourth-order valence-corrected chi connectivity index (χ4v) is 3.97. The number of hydrogen-bond acceptors (Lipinski definition) is 4. The number of rotatable bonds is 3. The lowest BCUT2D eigenvalue weighted by Gasteiger charge is -2.29. The van der Waals surface area contributed by atoms with Gasteiger partial charge in [0, 0.05) is 17.3 Å². The smallest absolute Gasteiger partial charge is 0.150 e. The average Bonchev–Trinajstić information content (AvgIpc) is 2.38. The third-order valence-electron chi connectivity index (χ3n) is 3.69. The molecule has 0 bridgehead atoms. The summed E-state index contributed by atoms with van der Waals surface area (Å²) < 4.78 is 23.3. The van der Waals surface area contributed by atoms with Crippen LogP contribution in [0.25, 0.3) is 0 Å². The lowest BCUT2D eigenvalue weighted by atomic mass is 9.94. The van der Waals surface area contributed by atoms with E-state index in [1.807, 2.05) is 0 Å². The molecule has 20 heavy (non-hydrogen) atoms. The van der Waals surface area contributed by atoms with Gasteiger partial charge in [-0.3, -0.25) is 0 Å². The normalized spacial score (nSPS) is 23.1. The van der Waals surface area contributed by atoms with E-state index >= 15 is 0 Å². The van der Waals surface area contributed by atoms with Crippen molar-refractivity contribution < 1.29 is 8.42 Å². The van der Waals surface area contributed by atoms with Crippen molar-refractivity contribution in [3.8, 4) is 6.07 Å². The second-order valence-electron chi connectivity index (χ2n) is 5.26. The van der Waals surface area contributed by atoms with Gasteiger partial charge in [-0.2, -0.15) is 5.26 Å². The molecular formula is C14H17ClN2O2S. The van der Waals surface area contributed by atoms with E-state index in [1.54, 1.807) is 18.2 Å². The molecule has 0 spiro atoms. The Morgan fingerprint density at radius 2 is 2.15 bits per heavy atom. The number of halogens is 1. The van der Waals surface area contributed by atoms with Crippen molar-refractivity contribution in [3.05, 3.63) is 28.8 Å². The first-order valence-corrected chi connectivity index (χ1v) is 8.88. The van der Waals surface area contributed by atoms with Gasteiger partial charge in [0.05, 0.1) is 16.5 Å². The number of nitrogens with one attached hydrogen (secondary N) is 1. The van der Waals surface area contributed by atoms with Crippen LogP contribution in [0.1, 0.15) is 31.2 Å². The second-order valence-corrected chi connectivity index (χ2v) is 8.02. The Hall–Kier alpha value is -1.25. The average molecular weight is 313 g/mol. The first kappa shape index (κ1) is 15.1. The summed E-state index contributed by atoms with van der Waals surface area (Å²) in [6, 6.07) is 7.23. The molecule has 1 fully saturated rings. The molecule has 6 heteroatoms. The summed E-state index contributed by atoms with van der Waals surface area (Å²) in [4.78, 5) is 0. The van der Waals surface area contributed by atoms with Crippen molar-refractivity contribution in [3.63, 3.8) is 0 Å². The van der Waals surface area contributed by atoms with Gasteiger partial charge in [0.15, 0.2) is 0 Å². The minimum Gasteiger partial charge on any atom is -0.381 e. The summed E-state index contributed by atoms with van der Waals surface area (Å²) in [5.74, 6) is 0. The molecule has 2 atom stereocenters. The molecule has 1 aromatic carbocycles. The standard InChI is InChI=1S/C14H17ClN2O2S/c1-20(18,19)13-4-2-3-12(8-13)17-14-7-11(15)6-5-10(14)9-16/h5-7,12-13,17H,2-4,8H2,1H3. The number of nitrogens with zero attached hydrogens (tertiary/aromatic N) is 1. The Bertz CT molecular complexity index is 637. The van der Waals surface area contributed by atoms with Gasteiger partial charge in [0.25, 0.3) is 0 Å². The van der Waals surface area contributed by atoms with Crippen LogP contribution in [0.3, 0.4) is 0 Å². The molecule has 0 aliphatic heterocycles. The SMILES string of the molecule is CS(=O)(=O)C1CCCC(Nc2cc(Cl)ccc2C#N)C1. The highest BCUT2D eigenvalue weighted by Crippen LogP contribution is 2.28. The molecule has 1 saturated carbocycles. The van der Waals surface area contributed by atoms with Gasteiger partial charge in [-0.25, -0.2) is 8.42 Å². The summed E-state index contributed by atoms with van der Waals surface area (Å²) in [5.41, 5.74) is 1.20. The largest absolute Gasteiger partial charge is 0.381 e. The highest BCUT2D eigenvalue weighted by atomic mass is 35.5. The Morgan fingerprint density at radius 1 is 1.40 bits per heavy atom. The maximum Gasteiger partial charge on any atom is 0.150 e. The van der Waals surface area contributed by atoms with Gasteiger partial charge >= 0.3 is 0 Å². The minimum absolute atomic E-state index is 0.0639. The summed E-state index contributed by atoms with van der Waals surface area (Å²) in [6.07, 6.45) is 4.37. The maximum absolute atomic E-state index is 11.7. The van der Waals surface area contributed by atoms with Crippen LogP contribution >= 0.6 is 11.6 Å². The Morgan fingerprint density at radius 3 is 2.80 bits per heavy atom. The van der Waals surface area contributed by atoms with E-state index in [9.17, 15) is 8.42 Å². The molecule has 0 aromatic heterocycles. The van der Waals surface area contributed by atoms with Crippen LogP contribution < -0.4 is 5.32 Å². The Kier molecular flexibility index (Phi) is 4.56. The fraction of sp³-hybridized carbons (Fsp3) is 0.500. The first-order chi connectivity index (χ1) is 9.40. The van der Waals surface area contributed by atoms with Crippen LogP contribution in [0.2, 0.25) is 5.02 Å². The van der Waals surface area contributed by atoms with Crippen molar-refractivity contribution in [2.45, 2.75) is 37.0 Å². The first-order valence-electron chi connectivity index (χ1n) is 6.55. The molecule has 0 amide bonds. The third-order valence-corrected chi connectivity index (χ3v) is 5.57. The van der Waals surface area contributed by atoms with Crippen molar-refractivity contribution in [2.24, 2.45) is 0 Å². The van der Waals surface area contributed by atoms with Crippen molar-refractivity contribution in [2.75, 3.05) is 11.6 Å². The van der Waals surface area contributed by atoms with Crippen molar-refractivity contribution in [1.82, 2.24) is 0 Å². The molecule has 0 saturated heterocycles. The predicted molar refractivity (Wildman–Crippen MR) is 80.7 cm³/mol. The lowest BCUT2D eigenvalue weighted by Crippen LogP contribution is -2.34. The van der Waals surface area contributed by atoms with Gasteiger partial charge in [0.2, 0.25) is 0 Å². The van der Waals surface area contributed by atoms with E-state index in [2.05, 4.69) is 11.4 Å². The van der Waals surface area contributed by atoms with Crippen LogP contribution in [0.5, 0.6) is 0 Å². The molecule has 1 N–H and O–H groups in total. The molecular weight excluding hydrogens is 296 g/mol. The molecule has 1 aliphatic rings. The van der Waals surface area contributed by atoms with E-state index in [0.717, 1.165) is 19.3 Å². The monoisotopic (exact) mass is 312 g/mol. The zero-order valence-corrected chi connectivity index (χ0v) is 12.8. The van der Waals surface area contributed by atoms with Gasteiger partial charge in [-0.05, 0) is 37.5 Å². The Balaban J connectivity index is 2.14. The summed E-state index contributed by atoms with van der Waals surface area (Å²) in [7, 11) is -3.01. The van der Waals surface area contributed by atoms with Crippen LogP contribution in [-0.4, -0.2) is 26.0 Å². The summed E-state index contributed by atoms with van der Waals surface area (Å²) in [6.45, 7) is 0. The molecule has 0 radical (unpaired) electrons. The molecule has 2 unspecified atom stereocenters. The fourth-order valence-electron chi connectivity index (χ4n) is 2.62. The maximum atomic E-state index is 11.7. The zero-order valence-electron chi connectivity index (χ0n) is 11.3. The van der Waals surface area contributed by atoms with Crippen LogP contribution in [0.15, 0.2) is 18.2 Å². The summed E-state index contributed by atoms with van der Waals surface area (Å²) in [5, 5.41) is 12.6. The number of nitriles is 1. The molecule has 1 aromatic rings. The van der Waals surface area contributed by atoms with E-state index in [-0.39, 0.29) is 11.3 Å². The molecule has 108 valence electrons. The molecule has 1 aliphatic carbocycles. The highest BCUT2D eigenvalue weighted by molar-refractivity contribution is 7.91. The van der Waals surface area contributed by atoms with Crippen molar-refractivity contribution in [1.29, 1.82) is 5.26 Å². The second kappa shape index (κ2) is 6.02. The van der Waals surface area contributed by atoms with E-state index < -0.39 is 9.84 Å². The highest BCUT2D eigenvalue weighted by Gasteiger charge is 2.29. The number of benzene rings is 1. The van der Waals surface area contributed by atoms with Crippen LogP contribution in [-0.2, 0) is 9.84 Å². The molecule has 0 heterocycles. The topological polar surface area (TPSA) is 70.0 Å². The number of anilines is 1. The zero-order chi connectivity index (χ0) is 14.8. The number of hydrogen-bond donors (Lipinski definition) is 1. The Labute approximate surface area is 124 Å². The summed E-state index contributed by atoms with van der Waals surface area (Å²) >= 11 is 5.95. The van der Waals surface area contributed by atoms with Gasteiger partial charge in [-0.1, -0.05) is 18.0 Å². The molecule has 2 rings (SSSR count). The van der Waals surface area contributed by atoms with Crippen LogP contribution in [0, 0.1) is 11.3 Å². The van der Waals surface area contributed by atoms with E-state index in [0.29, 0.717) is 22.7 Å². The van der Waals surface area contributed by atoms with E-state index in [4.69, 9.17) is 16.9 Å².